The lowest BCUT2D eigenvalue weighted by Gasteiger charge is -2.27. The quantitative estimate of drug-likeness (QED) is 0.407. The summed E-state index contributed by atoms with van der Waals surface area (Å²) in [5.74, 6) is 0.835. The van der Waals surface area contributed by atoms with Crippen LogP contribution in [0.3, 0.4) is 0 Å². The Kier molecular flexibility index (Phi) is 9.01. The molecule has 6 heteroatoms. The number of anilines is 1. The van der Waals surface area contributed by atoms with Crippen molar-refractivity contribution in [2.75, 3.05) is 25.5 Å². The molecule has 1 unspecified atom stereocenters. The van der Waals surface area contributed by atoms with Crippen LogP contribution in [0.4, 0.5) is 5.69 Å². The SMILES string of the molecule is CN=C(NCc1cccs1)NCC(C)N(C)c1ccccc1.I. The fraction of sp³-hybridized carbons (Fsp3) is 0.353. The summed E-state index contributed by atoms with van der Waals surface area (Å²) in [6, 6.07) is 15.0. The van der Waals surface area contributed by atoms with Gasteiger partial charge in [-0.3, -0.25) is 4.99 Å². The Labute approximate surface area is 160 Å². The van der Waals surface area contributed by atoms with Crippen molar-refractivity contribution in [2.45, 2.75) is 19.5 Å². The van der Waals surface area contributed by atoms with Gasteiger partial charge in [0.15, 0.2) is 5.96 Å². The van der Waals surface area contributed by atoms with Gasteiger partial charge in [-0.2, -0.15) is 0 Å². The number of rotatable bonds is 6. The van der Waals surface area contributed by atoms with Crippen LogP contribution in [-0.2, 0) is 6.54 Å². The maximum absolute atomic E-state index is 4.27. The third kappa shape index (κ3) is 6.39. The predicted octanol–water partition coefficient (Wildman–Crippen LogP) is 3.56. The second-order valence-electron chi connectivity index (χ2n) is 5.18. The number of nitrogens with one attached hydrogen (secondary N) is 2. The van der Waals surface area contributed by atoms with Crippen molar-refractivity contribution >= 4 is 47.0 Å². The maximum atomic E-state index is 4.27. The van der Waals surface area contributed by atoms with E-state index in [4.69, 9.17) is 0 Å². The highest BCUT2D eigenvalue weighted by molar-refractivity contribution is 14.0. The normalized spacial score (nSPS) is 12.2. The molecule has 0 fully saturated rings. The Morgan fingerprint density at radius 3 is 2.52 bits per heavy atom. The maximum Gasteiger partial charge on any atom is 0.191 e. The first-order valence-electron chi connectivity index (χ1n) is 7.45. The molecule has 1 atom stereocenters. The summed E-state index contributed by atoms with van der Waals surface area (Å²) in [5.41, 5.74) is 1.22. The topological polar surface area (TPSA) is 39.7 Å². The first-order chi connectivity index (χ1) is 10.7. The van der Waals surface area contributed by atoms with Gasteiger partial charge in [0.05, 0.1) is 6.54 Å². The number of halogens is 1. The van der Waals surface area contributed by atoms with Gasteiger partial charge in [0.25, 0.3) is 0 Å². The van der Waals surface area contributed by atoms with Crippen molar-refractivity contribution in [3.63, 3.8) is 0 Å². The number of aliphatic imine (C=N–C) groups is 1. The number of hydrogen-bond donors (Lipinski definition) is 2. The third-order valence-electron chi connectivity index (χ3n) is 3.62. The Morgan fingerprint density at radius 1 is 1.17 bits per heavy atom. The second kappa shape index (κ2) is 10.5. The molecule has 0 spiro atoms. The zero-order chi connectivity index (χ0) is 15.8. The molecule has 1 aromatic carbocycles. The van der Waals surface area contributed by atoms with E-state index in [1.54, 1.807) is 18.4 Å². The van der Waals surface area contributed by atoms with E-state index in [9.17, 15) is 0 Å². The summed E-state index contributed by atoms with van der Waals surface area (Å²) >= 11 is 1.75. The molecule has 2 rings (SSSR count). The van der Waals surface area contributed by atoms with Crippen LogP contribution in [0.15, 0.2) is 52.8 Å². The minimum Gasteiger partial charge on any atom is -0.370 e. The summed E-state index contributed by atoms with van der Waals surface area (Å²) in [5, 5.41) is 8.81. The Hall–Kier alpha value is -1.28. The Balaban J connectivity index is 0.00000264. The van der Waals surface area contributed by atoms with Gasteiger partial charge < -0.3 is 15.5 Å². The Bertz CT molecular complexity index is 572. The van der Waals surface area contributed by atoms with E-state index in [2.05, 4.69) is 76.3 Å². The minimum atomic E-state index is 0. The molecule has 0 saturated heterocycles. The van der Waals surface area contributed by atoms with Crippen LogP contribution in [0, 0.1) is 0 Å². The number of para-hydroxylation sites is 1. The van der Waals surface area contributed by atoms with Crippen molar-refractivity contribution in [3.8, 4) is 0 Å². The van der Waals surface area contributed by atoms with Crippen LogP contribution < -0.4 is 15.5 Å². The molecule has 0 bridgehead atoms. The first-order valence-corrected chi connectivity index (χ1v) is 8.33. The molecule has 0 radical (unpaired) electrons. The number of guanidine groups is 1. The predicted molar refractivity (Wildman–Crippen MR) is 112 cm³/mol. The summed E-state index contributed by atoms with van der Waals surface area (Å²) in [6.45, 7) is 3.84. The number of thiophene rings is 1. The van der Waals surface area contributed by atoms with Crippen molar-refractivity contribution in [1.29, 1.82) is 0 Å². The highest BCUT2D eigenvalue weighted by atomic mass is 127. The molecule has 0 aliphatic carbocycles. The summed E-state index contributed by atoms with van der Waals surface area (Å²) in [7, 11) is 3.92. The van der Waals surface area contributed by atoms with Crippen molar-refractivity contribution in [3.05, 3.63) is 52.7 Å². The van der Waals surface area contributed by atoms with Crippen LogP contribution in [0.1, 0.15) is 11.8 Å². The zero-order valence-electron chi connectivity index (χ0n) is 13.8. The van der Waals surface area contributed by atoms with Crippen molar-refractivity contribution in [1.82, 2.24) is 10.6 Å². The molecule has 0 aliphatic heterocycles. The molecule has 0 aliphatic rings. The van der Waals surface area contributed by atoms with Gasteiger partial charge in [-0.05, 0) is 30.5 Å². The summed E-state index contributed by atoms with van der Waals surface area (Å²) in [6.07, 6.45) is 0. The van der Waals surface area contributed by atoms with Gasteiger partial charge in [0.1, 0.15) is 0 Å². The third-order valence-corrected chi connectivity index (χ3v) is 4.50. The number of likely N-dealkylation sites (N-methyl/N-ethyl adjacent to an activating group) is 1. The molecule has 1 aromatic heterocycles. The average Bonchev–Trinajstić information content (AvgIpc) is 3.08. The van der Waals surface area contributed by atoms with Crippen LogP contribution in [0.5, 0.6) is 0 Å². The Morgan fingerprint density at radius 2 is 1.91 bits per heavy atom. The van der Waals surface area contributed by atoms with Crippen LogP contribution in [-0.4, -0.2) is 32.6 Å². The molecule has 23 heavy (non-hydrogen) atoms. The summed E-state index contributed by atoms with van der Waals surface area (Å²) in [4.78, 5) is 7.84. The number of nitrogens with zero attached hydrogens (tertiary/aromatic N) is 2. The van der Waals surface area contributed by atoms with Crippen LogP contribution in [0.2, 0.25) is 0 Å². The molecule has 0 saturated carbocycles. The number of hydrogen-bond acceptors (Lipinski definition) is 3. The molecular formula is C17H25IN4S. The van der Waals surface area contributed by atoms with E-state index in [-0.39, 0.29) is 24.0 Å². The van der Waals surface area contributed by atoms with Gasteiger partial charge in [0.2, 0.25) is 0 Å². The zero-order valence-corrected chi connectivity index (χ0v) is 17.0. The van der Waals surface area contributed by atoms with Crippen molar-refractivity contribution < 1.29 is 0 Å². The van der Waals surface area contributed by atoms with Crippen molar-refractivity contribution in [2.24, 2.45) is 4.99 Å². The number of benzene rings is 1. The van der Waals surface area contributed by atoms with E-state index in [0.29, 0.717) is 6.04 Å². The lowest BCUT2D eigenvalue weighted by atomic mass is 10.2. The van der Waals surface area contributed by atoms with E-state index < -0.39 is 0 Å². The highest BCUT2D eigenvalue weighted by Crippen LogP contribution is 2.13. The molecule has 126 valence electrons. The fourth-order valence-corrected chi connectivity index (χ4v) is 2.75. The van der Waals surface area contributed by atoms with E-state index in [1.807, 2.05) is 6.07 Å². The largest absolute Gasteiger partial charge is 0.370 e. The molecular weight excluding hydrogens is 419 g/mol. The molecule has 4 nitrogen and oxygen atoms in total. The minimum absolute atomic E-state index is 0. The van der Waals surface area contributed by atoms with Gasteiger partial charge in [-0.25, -0.2) is 0 Å². The van der Waals surface area contributed by atoms with E-state index in [0.717, 1.165) is 19.0 Å². The molecule has 2 aromatic rings. The molecule has 1 heterocycles. The van der Waals surface area contributed by atoms with E-state index in [1.165, 1.54) is 10.6 Å². The average molecular weight is 444 g/mol. The van der Waals surface area contributed by atoms with Gasteiger partial charge in [0, 0.05) is 37.2 Å². The monoisotopic (exact) mass is 444 g/mol. The first kappa shape index (κ1) is 19.8. The second-order valence-corrected chi connectivity index (χ2v) is 6.21. The van der Waals surface area contributed by atoms with Crippen LogP contribution >= 0.6 is 35.3 Å². The smallest absolute Gasteiger partial charge is 0.191 e. The standard InChI is InChI=1S/C17H24N4S.HI/c1-14(21(3)15-8-5-4-6-9-15)12-19-17(18-2)20-13-16-10-7-11-22-16;/h4-11,14H,12-13H2,1-3H3,(H2,18,19,20);1H. The van der Waals surface area contributed by atoms with Gasteiger partial charge in [-0.1, -0.05) is 24.3 Å². The molecule has 0 amide bonds. The summed E-state index contributed by atoms with van der Waals surface area (Å²) < 4.78 is 0. The highest BCUT2D eigenvalue weighted by Gasteiger charge is 2.10. The van der Waals surface area contributed by atoms with Gasteiger partial charge in [-0.15, -0.1) is 35.3 Å². The molecule has 2 N–H and O–H groups in total. The lowest BCUT2D eigenvalue weighted by Crippen LogP contribution is -2.44. The fourth-order valence-electron chi connectivity index (χ4n) is 2.10. The van der Waals surface area contributed by atoms with Crippen LogP contribution in [0.25, 0.3) is 0 Å². The van der Waals surface area contributed by atoms with Gasteiger partial charge >= 0.3 is 0 Å². The van der Waals surface area contributed by atoms with E-state index >= 15 is 0 Å². The lowest BCUT2D eigenvalue weighted by molar-refractivity contribution is 0.649.